The van der Waals surface area contributed by atoms with Gasteiger partial charge in [0.05, 0.1) is 5.57 Å². The number of nitrogens with two attached hydrogens (primary N) is 1. The highest BCUT2D eigenvalue weighted by atomic mass is 19.4. The van der Waals surface area contributed by atoms with Crippen molar-refractivity contribution in [2.75, 3.05) is 5.73 Å². The highest BCUT2D eigenvalue weighted by Crippen LogP contribution is 2.34. The number of hydrogen-bond acceptors (Lipinski definition) is 1. The van der Waals surface area contributed by atoms with Crippen LogP contribution in [-0.4, -0.2) is 6.18 Å². The van der Waals surface area contributed by atoms with Gasteiger partial charge in [0.2, 0.25) is 0 Å². The third kappa shape index (κ3) is 2.04. The first-order valence-corrected chi connectivity index (χ1v) is 3.64. The van der Waals surface area contributed by atoms with E-state index in [1.54, 1.807) is 0 Å². The third-order valence-electron chi connectivity index (χ3n) is 1.66. The van der Waals surface area contributed by atoms with Gasteiger partial charge in [-0.1, -0.05) is 6.58 Å². The summed E-state index contributed by atoms with van der Waals surface area (Å²) in [5.74, 6) is -0.985. The molecule has 1 nitrogen and oxygen atoms in total. The molecule has 1 aromatic carbocycles. The molecule has 76 valence electrons. The van der Waals surface area contributed by atoms with Gasteiger partial charge < -0.3 is 5.73 Å². The number of alkyl halides is 3. The van der Waals surface area contributed by atoms with Crippen molar-refractivity contribution in [3.05, 3.63) is 36.2 Å². The Balaban J connectivity index is 3.19. The Morgan fingerprint density at radius 3 is 2.36 bits per heavy atom. The molecule has 0 aromatic heterocycles. The largest absolute Gasteiger partial charge is 0.416 e. The first-order chi connectivity index (χ1) is 6.32. The maximum atomic E-state index is 12.9. The molecule has 0 aliphatic heterocycles. The minimum atomic E-state index is -4.64. The average Bonchev–Trinajstić information content (AvgIpc) is 2.06. The molecule has 1 rings (SSSR count). The van der Waals surface area contributed by atoms with Gasteiger partial charge in [-0.15, -0.1) is 0 Å². The molecular weight excluding hydrogens is 198 g/mol. The van der Waals surface area contributed by atoms with Crippen molar-refractivity contribution in [1.82, 2.24) is 0 Å². The fraction of sp³-hybridized carbons (Fsp3) is 0.111. The van der Waals surface area contributed by atoms with Crippen LogP contribution >= 0.6 is 0 Å². The number of benzene rings is 1. The fourth-order valence-corrected chi connectivity index (χ4v) is 0.927. The lowest BCUT2D eigenvalue weighted by Crippen LogP contribution is -2.11. The van der Waals surface area contributed by atoms with Gasteiger partial charge in [-0.25, -0.2) is 4.39 Å². The Bertz CT molecular complexity index is 368. The van der Waals surface area contributed by atoms with Crippen molar-refractivity contribution >= 4 is 11.3 Å². The summed E-state index contributed by atoms with van der Waals surface area (Å²) < 4.78 is 49.4. The van der Waals surface area contributed by atoms with Crippen LogP contribution < -0.4 is 5.73 Å². The number of hydrogen-bond donors (Lipinski definition) is 1. The second-order valence-corrected chi connectivity index (χ2v) is 2.72. The molecule has 0 unspecified atom stereocenters. The highest BCUT2D eigenvalue weighted by Gasteiger charge is 2.34. The van der Waals surface area contributed by atoms with E-state index in [0.29, 0.717) is 0 Å². The first-order valence-electron chi connectivity index (χ1n) is 3.64. The van der Waals surface area contributed by atoms with E-state index in [0.717, 1.165) is 12.1 Å². The molecular formula is C9H7F4N. The van der Waals surface area contributed by atoms with Crippen molar-refractivity contribution < 1.29 is 17.6 Å². The Kier molecular flexibility index (Phi) is 2.51. The lowest BCUT2D eigenvalue weighted by Gasteiger charge is -2.11. The smallest absolute Gasteiger partial charge is 0.399 e. The molecule has 1 aromatic rings. The Labute approximate surface area is 77.8 Å². The molecule has 0 aliphatic rings. The van der Waals surface area contributed by atoms with Crippen LogP contribution in [0.2, 0.25) is 0 Å². The normalized spacial score (nSPS) is 11.4. The van der Waals surface area contributed by atoms with E-state index in [1.165, 1.54) is 6.07 Å². The van der Waals surface area contributed by atoms with Gasteiger partial charge in [0, 0.05) is 11.3 Å². The van der Waals surface area contributed by atoms with E-state index >= 15 is 0 Å². The number of rotatable bonds is 1. The Morgan fingerprint density at radius 2 is 1.86 bits per heavy atom. The van der Waals surface area contributed by atoms with Crippen LogP contribution in [0.25, 0.3) is 5.57 Å². The Morgan fingerprint density at radius 1 is 1.29 bits per heavy atom. The van der Waals surface area contributed by atoms with E-state index in [-0.39, 0.29) is 5.69 Å². The van der Waals surface area contributed by atoms with E-state index in [4.69, 9.17) is 5.73 Å². The second kappa shape index (κ2) is 3.32. The summed E-state index contributed by atoms with van der Waals surface area (Å²) in [6.07, 6.45) is -4.64. The summed E-state index contributed by atoms with van der Waals surface area (Å²) in [6, 6.07) is 2.97. The van der Waals surface area contributed by atoms with Crippen LogP contribution in [0.4, 0.5) is 23.2 Å². The summed E-state index contributed by atoms with van der Waals surface area (Å²) in [7, 11) is 0. The zero-order valence-electron chi connectivity index (χ0n) is 7.03. The molecule has 0 heterocycles. The minimum Gasteiger partial charge on any atom is -0.399 e. The van der Waals surface area contributed by atoms with Crippen molar-refractivity contribution in [3.63, 3.8) is 0 Å². The van der Waals surface area contributed by atoms with E-state index in [9.17, 15) is 17.6 Å². The summed E-state index contributed by atoms with van der Waals surface area (Å²) >= 11 is 0. The lowest BCUT2D eigenvalue weighted by molar-refractivity contribution is -0.0688. The third-order valence-corrected chi connectivity index (χ3v) is 1.66. The molecule has 5 heteroatoms. The monoisotopic (exact) mass is 205 g/mol. The number of allylic oxidation sites excluding steroid dienone is 1. The molecule has 0 fully saturated rings. The molecule has 0 amide bonds. The Hall–Kier alpha value is -1.52. The zero-order chi connectivity index (χ0) is 10.9. The molecule has 0 atom stereocenters. The van der Waals surface area contributed by atoms with Crippen LogP contribution in [0, 0.1) is 5.82 Å². The predicted molar refractivity (Wildman–Crippen MR) is 45.9 cm³/mol. The van der Waals surface area contributed by atoms with Gasteiger partial charge in [-0.3, -0.25) is 0 Å². The van der Waals surface area contributed by atoms with E-state index in [2.05, 4.69) is 6.58 Å². The average molecular weight is 205 g/mol. The standard InChI is InChI=1S/C9H7F4N/c1-5(9(11,12)13)7-4-6(14)2-3-8(7)10/h2-4H,1,14H2. The van der Waals surface area contributed by atoms with Crippen LogP contribution in [0.5, 0.6) is 0 Å². The van der Waals surface area contributed by atoms with Crippen molar-refractivity contribution in [2.24, 2.45) is 0 Å². The van der Waals surface area contributed by atoms with Gasteiger partial charge in [-0.05, 0) is 18.2 Å². The predicted octanol–water partition coefficient (Wildman–Crippen LogP) is 2.98. The summed E-state index contributed by atoms with van der Waals surface area (Å²) in [5.41, 5.74) is 3.45. The van der Waals surface area contributed by atoms with Crippen molar-refractivity contribution in [3.8, 4) is 0 Å². The van der Waals surface area contributed by atoms with Crippen LogP contribution in [0.3, 0.4) is 0 Å². The fourth-order valence-electron chi connectivity index (χ4n) is 0.927. The summed E-state index contributed by atoms with van der Waals surface area (Å²) in [4.78, 5) is 0. The van der Waals surface area contributed by atoms with Gasteiger partial charge in [0.25, 0.3) is 0 Å². The van der Waals surface area contributed by atoms with Crippen LogP contribution in [-0.2, 0) is 0 Å². The number of halogens is 4. The van der Waals surface area contributed by atoms with Gasteiger partial charge >= 0.3 is 6.18 Å². The van der Waals surface area contributed by atoms with Gasteiger partial charge in [-0.2, -0.15) is 13.2 Å². The number of anilines is 1. The topological polar surface area (TPSA) is 26.0 Å². The molecule has 0 saturated heterocycles. The quantitative estimate of drug-likeness (QED) is 0.553. The first kappa shape index (κ1) is 10.6. The van der Waals surface area contributed by atoms with Crippen molar-refractivity contribution in [1.29, 1.82) is 0 Å². The molecule has 14 heavy (non-hydrogen) atoms. The van der Waals surface area contributed by atoms with Crippen LogP contribution in [0.1, 0.15) is 5.56 Å². The van der Waals surface area contributed by atoms with Crippen molar-refractivity contribution in [2.45, 2.75) is 6.18 Å². The molecule has 0 saturated carbocycles. The minimum absolute atomic E-state index is 0.0619. The van der Waals surface area contributed by atoms with E-state index in [1.807, 2.05) is 0 Å². The second-order valence-electron chi connectivity index (χ2n) is 2.72. The molecule has 0 spiro atoms. The maximum Gasteiger partial charge on any atom is 0.416 e. The molecule has 2 N–H and O–H groups in total. The summed E-state index contributed by atoms with van der Waals surface area (Å²) in [6.45, 7) is 2.78. The van der Waals surface area contributed by atoms with E-state index < -0.39 is 23.1 Å². The molecule has 0 aliphatic carbocycles. The SMILES string of the molecule is C=C(c1cc(N)ccc1F)C(F)(F)F. The maximum absolute atomic E-state index is 12.9. The lowest BCUT2D eigenvalue weighted by atomic mass is 10.1. The highest BCUT2D eigenvalue weighted by molar-refractivity contribution is 5.70. The zero-order valence-corrected chi connectivity index (χ0v) is 7.03. The molecule has 0 bridgehead atoms. The van der Waals surface area contributed by atoms with Crippen LogP contribution in [0.15, 0.2) is 24.8 Å². The summed E-state index contributed by atoms with van der Waals surface area (Å²) in [5, 5.41) is 0. The van der Waals surface area contributed by atoms with Gasteiger partial charge in [0.1, 0.15) is 5.82 Å². The number of nitrogen functional groups attached to an aromatic ring is 1. The van der Waals surface area contributed by atoms with Gasteiger partial charge in [0.15, 0.2) is 0 Å². The molecule has 0 radical (unpaired) electrons.